The molecule has 1 heterocycles. The zero-order chi connectivity index (χ0) is 13.8. The van der Waals surface area contributed by atoms with Crippen molar-refractivity contribution in [3.63, 3.8) is 0 Å². The fourth-order valence-electron chi connectivity index (χ4n) is 3.12. The second-order valence-corrected chi connectivity index (χ2v) is 5.96. The van der Waals surface area contributed by atoms with Crippen molar-refractivity contribution in [2.45, 2.75) is 51.6 Å². The summed E-state index contributed by atoms with van der Waals surface area (Å²) < 4.78 is 0. The van der Waals surface area contributed by atoms with E-state index in [2.05, 4.69) is 42.2 Å². The van der Waals surface area contributed by atoms with Gasteiger partial charge in [0.15, 0.2) is 0 Å². The molecule has 3 unspecified atom stereocenters. The molecule has 0 radical (unpaired) electrons. The number of pyridine rings is 1. The van der Waals surface area contributed by atoms with Crippen molar-refractivity contribution >= 4 is 5.82 Å². The van der Waals surface area contributed by atoms with Gasteiger partial charge in [0.05, 0.1) is 0 Å². The molecule has 1 aliphatic carbocycles. The van der Waals surface area contributed by atoms with E-state index < -0.39 is 0 Å². The minimum absolute atomic E-state index is 0.340. The minimum Gasteiger partial charge on any atom is -0.356 e. The van der Waals surface area contributed by atoms with Gasteiger partial charge in [-0.15, -0.1) is 0 Å². The van der Waals surface area contributed by atoms with Crippen molar-refractivity contribution in [3.8, 4) is 0 Å². The SMILES string of the molecule is CNC(C)c1cccnc1N(C)C1CCCC(C)C1. The fourth-order valence-corrected chi connectivity index (χ4v) is 3.12. The van der Waals surface area contributed by atoms with Crippen molar-refractivity contribution in [2.75, 3.05) is 19.0 Å². The van der Waals surface area contributed by atoms with Gasteiger partial charge in [0, 0.05) is 30.9 Å². The number of aromatic nitrogens is 1. The van der Waals surface area contributed by atoms with Crippen molar-refractivity contribution in [2.24, 2.45) is 5.92 Å². The van der Waals surface area contributed by atoms with E-state index in [4.69, 9.17) is 0 Å². The maximum absolute atomic E-state index is 4.63. The highest BCUT2D eigenvalue weighted by atomic mass is 15.2. The first-order chi connectivity index (χ1) is 9.13. The van der Waals surface area contributed by atoms with Gasteiger partial charge < -0.3 is 10.2 Å². The molecule has 3 heteroatoms. The molecular formula is C16H27N3. The van der Waals surface area contributed by atoms with E-state index in [0.29, 0.717) is 12.1 Å². The smallest absolute Gasteiger partial charge is 0.133 e. The maximum atomic E-state index is 4.63. The summed E-state index contributed by atoms with van der Waals surface area (Å²) in [5.41, 5.74) is 1.30. The average Bonchev–Trinajstić information content (AvgIpc) is 2.45. The Labute approximate surface area is 117 Å². The lowest BCUT2D eigenvalue weighted by atomic mass is 9.86. The van der Waals surface area contributed by atoms with E-state index in [1.807, 2.05) is 19.3 Å². The Bertz CT molecular complexity index is 405. The summed E-state index contributed by atoms with van der Waals surface area (Å²) in [4.78, 5) is 7.04. The highest BCUT2D eigenvalue weighted by molar-refractivity contribution is 5.48. The van der Waals surface area contributed by atoms with Crippen LogP contribution in [0.4, 0.5) is 5.82 Å². The van der Waals surface area contributed by atoms with Crippen LogP contribution in [0.2, 0.25) is 0 Å². The number of rotatable bonds is 4. The van der Waals surface area contributed by atoms with Crippen LogP contribution >= 0.6 is 0 Å². The lowest BCUT2D eigenvalue weighted by molar-refractivity contribution is 0.335. The van der Waals surface area contributed by atoms with Gasteiger partial charge in [-0.2, -0.15) is 0 Å². The molecular weight excluding hydrogens is 234 g/mol. The fraction of sp³-hybridized carbons (Fsp3) is 0.688. The summed E-state index contributed by atoms with van der Waals surface area (Å²) in [7, 11) is 4.21. The molecule has 0 saturated heterocycles. The van der Waals surface area contributed by atoms with Crippen LogP contribution in [-0.2, 0) is 0 Å². The Morgan fingerprint density at radius 1 is 1.42 bits per heavy atom. The molecule has 1 aliphatic rings. The molecule has 1 aromatic heterocycles. The predicted molar refractivity (Wildman–Crippen MR) is 81.5 cm³/mol. The normalized spacial score (nSPS) is 25.1. The standard InChI is InChI=1S/C16H27N3/c1-12-7-5-8-14(11-12)19(4)16-15(13(2)17-3)9-6-10-18-16/h6,9-10,12-14,17H,5,7-8,11H2,1-4H3. The maximum Gasteiger partial charge on any atom is 0.133 e. The highest BCUT2D eigenvalue weighted by Gasteiger charge is 2.25. The van der Waals surface area contributed by atoms with Crippen molar-refractivity contribution in [1.82, 2.24) is 10.3 Å². The van der Waals surface area contributed by atoms with E-state index in [1.54, 1.807) is 0 Å². The third-order valence-electron chi connectivity index (χ3n) is 4.51. The van der Waals surface area contributed by atoms with Gasteiger partial charge >= 0.3 is 0 Å². The number of nitrogens with one attached hydrogen (secondary N) is 1. The van der Waals surface area contributed by atoms with Crippen LogP contribution in [0.1, 0.15) is 51.1 Å². The summed E-state index contributed by atoms with van der Waals surface area (Å²) >= 11 is 0. The molecule has 2 rings (SSSR count). The molecule has 0 amide bonds. The Morgan fingerprint density at radius 2 is 2.21 bits per heavy atom. The van der Waals surface area contributed by atoms with Gasteiger partial charge in [0.2, 0.25) is 0 Å². The molecule has 3 atom stereocenters. The number of hydrogen-bond acceptors (Lipinski definition) is 3. The molecule has 1 fully saturated rings. The summed E-state index contributed by atoms with van der Waals surface area (Å²) in [5, 5.41) is 3.32. The van der Waals surface area contributed by atoms with Crippen LogP contribution in [0, 0.1) is 5.92 Å². The first-order valence-electron chi connectivity index (χ1n) is 7.48. The van der Waals surface area contributed by atoms with Crippen LogP contribution in [0.25, 0.3) is 0 Å². The average molecular weight is 261 g/mol. The third kappa shape index (κ3) is 3.27. The Morgan fingerprint density at radius 3 is 2.89 bits per heavy atom. The number of anilines is 1. The number of nitrogens with zero attached hydrogens (tertiary/aromatic N) is 2. The molecule has 19 heavy (non-hydrogen) atoms. The molecule has 0 bridgehead atoms. The first-order valence-corrected chi connectivity index (χ1v) is 7.48. The monoisotopic (exact) mass is 261 g/mol. The van der Waals surface area contributed by atoms with Crippen LogP contribution in [-0.4, -0.2) is 25.1 Å². The summed E-state index contributed by atoms with van der Waals surface area (Å²) in [5.74, 6) is 1.98. The summed E-state index contributed by atoms with van der Waals surface area (Å²) in [6, 6.07) is 5.20. The molecule has 106 valence electrons. The second kappa shape index (κ2) is 6.38. The molecule has 1 aromatic rings. The molecule has 1 N–H and O–H groups in total. The van der Waals surface area contributed by atoms with E-state index in [-0.39, 0.29) is 0 Å². The van der Waals surface area contributed by atoms with Gasteiger partial charge in [-0.25, -0.2) is 4.98 Å². The van der Waals surface area contributed by atoms with Gasteiger partial charge in [0.25, 0.3) is 0 Å². The molecule has 0 aromatic carbocycles. The van der Waals surface area contributed by atoms with Gasteiger partial charge in [-0.3, -0.25) is 0 Å². The highest BCUT2D eigenvalue weighted by Crippen LogP contribution is 2.31. The molecule has 1 saturated carbocycles. The third-order valence-corrected chi connectivity index (χ3v) is 4.51. The summed E-state index contributed by atoms with van der Waals surface area (Å²) in [6.45, 7) is 4.56. The van der Waals surface area contributed by atoms with Crippen molar-refractivity contribution in [1.29, 1.82) is 0 Å². The number of hydrogen-bond donors (Lipinski definition) is 1. The Balaban J connectivity index is 2.20. The van der Waals surface area contributed by atoms with E-state index >= 15 is 0 Å². The lowest BCUT2D eigenvalue weighted by Gasteiger charge is -2.36. The van der Waals surface area contributed by atoms with E-state index in [1.165, 1.54) is 31.2 Å². The van der Waals surface area contributed by atoms with E-state index in [0.717, 1.165) is 11.7 Å². The van der Waals surface area contributed by atoms with Crippen LogP contribution in [0.3, 0.4) is 0 Å². The predicted octanol–water partition coefficient (Wildman–Crippen LogP) is 3.38. The van der Waals surface area contributed by atoms with Gasteiger partial charge in [0.1, 0.15) is 5.82 Å². The quantitative estimate of drug-likeness (QED) is 0.900. The molecule has 0 spiro atoms. The van der Waals surface area contributed by atoms with Crippen LogP contribution in [0.15, 0.2) is 18.3 Å². The summed E-state index contributed by atoms with van der Waals surface area (Å²) in [6.07, 6.45) is 7.22. The zero-order valence-electron chi connectivity index (χ0n) is 12.7. The van der Waals surface area contributed by atoms with Crippen molar-refractivity contribution < 1.29 is 0 Å². The second-order valence-electron chi connectivity index (χ2n) is 5.96. The zero-order valence-corrected chi connectivity index (χ0v) is 12.7. The largest absolute Gasteiger partial charge is 0.356 e. The first kappa shape index (κ1) is 14.3. The lowest BCUT2D eigenvalue weighted by Crippen LogP contribution is -2.37. The van der Waals surface area contributed by atoms with E-state index in [9.17, 15) is 0 Å². The van der Waals surface area contributed by atoms with Crippen LogP contribution < -0.4 is 10.2 Å². The molecule has 0 aliphatic heterocycles. The van der Waals surface area contributed by atoms with Crippen molar-refractivity contribution in [3.05, 3.63) is 23.9 Å². The topological polar surface area (TPSA) is 28.2 Å². The molecule has 3 nitrogen and oxygen atoms in total. The minimum atomic E-state index is 0.340. The van der Waals surface area contributed by atoms with Gasteiger partial charge in [-0.05, 0) is 38.8 Å². The van der Waals surface area contributed by atoms with Gasteiger partial charge in [-0.1, -0.05) is 25.8 Å². The Hall–Kier alpha value is -1.09. The van der Waals surface area contributed by atoms with Crippen LogP contribution in [0.5, 0.6) is 0 Å². The Kier molecular flexibility index (Phi) is 4.81.